The molecule has 0 unspecified atom stereocenters. The second-order valence-electron chi connectivity index (χ2n) is 4.42. The van der Waals surface area contributed by atoms with Crippen LogP contribution in [0, 0.1) is 6.92 Å². The van der Waals surface area contributed by atoms with Gasteiger partial charge in [-0.2, -0.15) is 5.10 Å². The molecular formula is C14H19N3O. The Morgan fingerprint density at radius 2 is 2.17 bits per heavy atom. The summed E-state index contributed by atoms with van der Waals surface area (Å²) in [6, 6.07) is 6.09. The molecule has 3 N–H and O–H groups in total. The van der Waals surface area contributed by atoms with Gasteiger partial charge in [-0.15, -0.1) is 0 Å². The van der Waals surface area contributed by atoms with Gasteiger partial charge in [-0.25, -0.2) is 0 Å². The molecule has 0 atom stereocenters. The van der Waals surface area contributed by atoms with Crippen LogP contribution in [0.25, 0.3) is 11.3 Å². The van der Waals surface area contributed by atoms with Gasteiger partial charge in [-0.3, -0.25) is 5.10 Å². The summed E-state index contributed by atoms with van der Waals surface area (Å²) in [5, 5.41) is 7.14. The standard InChI is InChI=1S/C14H19N3O/c1-4-5-10-13(16-17-14(10)15)11-8-9(2)6-7-12(11)18-3/h6-8H,4-5H2,1-3H3,(H3,15,16,17). The summed E-state index contributed by atoms with van der Waals surface area (Å²) < 4.78 is 5.41. The molecule has 0 radical (unpaired) electrons. The summed E-state index contributed by atoms with van der Waals surface area (Å²) in [6.07, 6.45) is 1.94. The molecule has 0 aliphatic rings. The van der Waals surface area contributed by atoms with Crippen LogP contribution in [0.1, 0.15) is 24.5 Å². The fourth-order valence-electron chi connectivity index (χ4n) is 2.12. The van der Waals surface area contributed by atoms with E-state index in [1.54, 1.807) is 7.11 Å². The van der Waals surface area contributed by atoms with E-state index in [0.717, 1.165) is 35.4 Å². The molecule has 96 valence electrons. The number of aromatic amines is 1. The summed E-state index contributed by atoms with van der Waals surface area (Å²) >= 11 is 0. The van der Waals surface area contributed by atoms with Gasteiger partial charge in [-0.1, -0.05) is 25.0 Å². The first-order chi connectivity index (χ1) is 8.67. The van der Waals surface area contributed by atoms with Gasteiger partial charge in [0.1, 0.15) is 11.6 Å². The molecule has 0 aliphatic carbocycles. The third kappa shape index (κ3) is 2.18. The number of methoxy groups -OCH3 is 1. The molecule has 4 nitrogen and oxygen atoms in total. The molecule has 2 aromatic rings. The van der Waals surface area contributed by atoms with Crippen LogP contribution in [0.3, 0.4) is 0 Å². The Morgan fingerprint density at radius 1 is 1.39 bits per heavy atom. The predicted octanol–water partition coefficient (Wildman–Crippen LogP) is 2.93. The van der Waals surface area contributed by atoms with Crippen molar-refractivity contribution >= 4 is 5.82 Å². The first-order valence-electron chi connectivity index (χ1n) is 6.15. The molecule has 0 amide bonds. The Labute approximate surface area is 107 Å². The second-order valence-corrected chi connectivity index (χ2v) is 4.42. The van der Waals surface area contributed by atoms with Gasteiger partial charge >= 0.3 is 0 Å². The number of aryl methyl sites for hydroxylation is 1. The second kappa shape index (κ2) is 5.12. The van der Waals surface area contributed by atoms with Crippen LogP contribution in [-0.2, 0) is 6.42 Å². The molecule has 2 rings (SSSR count). The molecule has 0 fully saturated rings. The highest BCUT2D eigenvalue weighted by Gasteiger charge is 2.15. The monoisotopic (exact) mass is 245 g/mol. The van der Waals surface area contributed by atoms with Crippen LogP contribution in [-0.4, -0.2) is 17.3 Å². The van der Waals surface area contributed by atoms with E-state index in [1.807, 2.05) is 12.1 Å². The number of aromatic nitrogens is 2. The minimum absolute atomic E-state index is 0.579. The maximum Gasteiger partial charge on any atom is 0.149 e. The number of H-pyrrole nitrogens is 1. The lowest BCUT2D eigenvalue weighted by Gasteiger charge is -2.09. The maximum atomic E-state index is 5.91. The largest absolute Gasteiger partial charge is 0.496 e. The third-order valence-corrected chi connectivity index (χ3v) is 3.02. The van der Waals surface area contributed by atoms with Crippen LogP contribution < -0.4 is 10.5 Å². The summed E-state index contributed by atoms with van der Waals surface area (Å²) in [4.78, 5) is 0. The minimum atomic E-state index is 0.579. The first-order valence-corrected chi connectivity index (χ1v) is 6.15. The molecule has 0 spiro atoms. The van der Waals surface area contributed by atoms with E-state index in [2.05, 4.69) is 30.1 Å². The van der Waals surface area contributed by atoms with Gasteiger partial charge in [0.15, 0.2) is 0 Å². The average Bonchev–Trinajstić information content (AvgIpc) is 2.72. The first kappa shape index (κ1) is 12.5. The van der Waals surface area contributed by atoms with Crippen molar-refractivity contribution in [2.45, 2.75) is 26.7 Å². The molecule has 4 heteroatoms. The number of ether oxygens (including phenoxy) is 1. The van der Waals surface area contributed by atoms with Gasteiger partial charge in [0.25, 0.3) is 0 Å². The summed E-state index contributed by atoms with van der Waals surface area (Å²) in [7, 11) is 1.67. The topological polar surface area (TPSA) is 63.9 Å². The van der Waals surface area contributed by atoms with Gasteiger partial charge < -0.3 is 10.5 Å². The zero-order chi connectivity index (χ0) is 13.1. The van der Waals surface area contributed by atoms with E-state index < -0.39 is 0 Å². The molecule has 0 saturated carbocycles. The lowest BCUT2D eigenvalue weighted by Crippen LogP contribution is -1.95. The van der Waals surface area contributed by atoms with Crippen molar-refractivity contribution in [2.24, 2.45) is 0 Å². The number of nitrogens with zero attached hydrogens (tertiary/aromatic N) is 1. The van der Waals surface area contributed by atoms with Crippen molar-refractivity contribution in [1.29, 1.82) is 0 Å². The average molecular weight is 245 g/mol. The molecule has 0 bridgehead atoms. The highest BCUT2D eigenvalue weighted by atomic mass is 16.5. The van der Waals surface area contributed by atoms with Gasteiger partial charge in [0.05, 0.1) is 12.8 Å². The van der Waals surface area contributed by atoms with Crippen LogP contribution in [0.2, 0.25) is 0 Å². The smallest absolute Gasteiger partial charge is 0.149 e. The van der Waals surface area contributed by atoms with Crippen LogP contribution in [0.5, 0.6) is 5.75 Å². The number of anilines is 1. The predicted molar refractivity (Wildman–Crippen MR) is 73.7 cm³/mol. The van der Waals surface area contributed by atoms with Gasteiger partial charge in [-0.05, 0) is 25.5 Å². The van der Waals surface area contributed by atoms with Crippen molar-refractivity contribution in [2.75, 3.05) is 12.8 Å². The van der Waals surface area contributed by atoms with E-state index >= 15 is 0 Å². The van der Waals surface area contributed by atoms with Crippen LogP contribution in [0.15, 0.2) is 18.2 Å². The SMILES string of the molecule is CCCc1c(N)n[nH]c1-c1cc(C)ccc1OC. The Hall–Kier alpha value is -1.97. The number of hydrogen-bond acceptors (Lipinski definition) is 3. The van der Waals surface area contributed by atoms with Crippen molar-refractivity contribution < 1.29 is 4.74 Å². The summed E-state index contributed by atoms with van der Waals surface area (Å²) in [6.45, 7) is 4.19. The highest BCUT2D eigenvalue weighted by molar-refractivity contribution is 5.74. The quantitative estimate of drug-likeness (QED) is 0.870. The summed E-state index contributed by atoms with van der Waals surface area (Å²) in [5.41, 5.74) is 10.1. The van der Waals surface area contributed by atoms with Crippen molar-refractivity contribution in [1.82, 2.24) is 10.2 Å². The number of nitrogens with two attached hydrogens (primary N) is 1. The zero-order valence-electron chi connectivity index (χ0n) is 11.1. The summed E-state index contributed by atoms with van der Waals surface area (Å²) in [5.74, 6) is 1.41. The molecule has 1 aromatic carbocycles. The van der Waals surface area contributed by atoms with E-state index in [4.69, 9.17) is 10.5 Å². The van der Waals surface area contributed by atoms with Crippen LogP contribution >= 0.6 is 0 Å². The maximum absolute atomic E-state index is 5.91. The Bertz CT molecular complexity index is 546. The fourth-order valence-corrected chi connectivity index (χ4v) is 2.12. The number of nitrogens with one attached hydrogen (secondary N) is 1. The van der Waals surface area contributed by atoms with Crippen molar-refractivity contribution in [3.05, 3.63) is 29.3 Å². The van der Waals surface area contributed by atoms with Gasteiger partial charge in [0.2, 0.25) is 0 Å². The Morgan fingerprint density at radius 3 is 2.83 bits per heavy atom. The molecule has 1 heterocycles. The van der Waals surface area contributed by atoms with E-state index in [-0.39, 0.29) is 0 Å². The molecule has 0 aliphatic heterocycles. The Balaban J connectivity index is 2.57. The number of rotatable bonds is 4. The molecule has 0 saturated heterocycles. The van der Waals surface area contributed by atoms with Crippen molar-refractivity contribution in [3.8, 4) is 17.0 Å². The molecular weight excluding hydrogens is 226 g/mol. The van der Waals surface area contributed by atoms with E-state index in [9.17, 15) is 0 Å². The number of nitrogen functional groups attached to an aromatic ring is 1. The highest BCUT2D eigenvalue weighted by Crippen LogP contribution is 2.34. The molecule has 1 aromatic heterocycles. The van der Waals surface area contributed by atoms with Gasteiger partial charge in [0, 0.05) is 11.1 Å². The Kier molecular flexibility index (Phi) is 3.55. The lowest BCUT2D eigenvalue weighted by atomic mass is 10.0. The minimum Gasteiger partial charge on any atom is -0.496 e. The number of hydrogen-bond donors (Lipinski definition) is 2. The number of benzene rings is 1. The van der Waals surface area contributed by atoms with E-state index in [0.29, 0.717) is 5.82 Å². The van der Waals surface area contributed by atoms with Crippen LogP contribution in [0.4, 0.5) is 5.82 Å². The lowest BCUT2D eigenvalue weighted by molar-refractivity contribution is 0.416. The zero-order valence-corrected chi connectivity index (χ0v) is 11.1. The fraction of sp³-hybridized carbons (Fsp3) is 0.357. The van der Waals surface area contributed by atoms with Crippen molar-refractivity contribution in [3.63, 3.8) is 0 Å². The molecule has 18 heavy (non-hydrogen) atoms. The van der Waals surface area contributed by atoms with E-state index in [1.165, 1.54) is 5.56 Å². The normalized spacial score (nSPS) is 10.6. The third-order valence-electron chi connectivity index (χ3n) is 3.02.